The van der Waals surface area contributed by atoms with Gasteiger partial charge in [0.2, 0.25) is 0 Å². The first-order valence-electron chi connectivity index (χ1n) is 8.92. The molecule has 2 aromatic rings. The maximum absolute atomic E-state index is 12.9. The first kappa shape index (κ1) is 18.4. The molecule has 1 fully saturated rings. The Hall–Kier alpha value is -1.35. The van der Waals surface area contributed by atoms with Gasteiger partial charge in [0.05, 0.1) is 0 Å². The summed E-state index contributed by atoms with van der Waals surface area (Å²) >= 11 is 2.62. The first-order chi connectivity index (χ1) is 11.6. The van der Waals surface area contributed by atoms with Gasteiger partial charge in [0.1, 0.15) is 0 Å². The number of rotatable bonds is 3. The van der Waals surface area contributed by atoms with E-state index in [0.717, 1.165) is 35.6 Å². The normalized spacial score (nSPS) is 22.4. The molecule has 1 saturated heterocycles. The summed E-state index contributed by atoms with van der Waals surface area (Å²) in [4.78, 5) is 15.3. The molecule has 1 aliphatic rings. The van der Waals surface area contributed by atoms with Crippen LogP contribution >= 0.6 is 0 Å². The van der Waals surface area contributed by atoms with Crippen LogP contribution < -0.4 is 5.73 Å². The van der Waals surface area contributed by atoms with E-state index in [1.165, 1.54) is 0 Å². The Morgan fingerprint density at radius 1 is 1.04 bits per heavy atom. The number of carbonyl (C=O) groups excluding carboxylic acids is 1. The van der Waals surface area contributed by atoms with Gasteiger partial charge >= 0.3 is 159 Å². The van der Waals surface area contributed by atoms with E-state index >= 15 is 0 Å². The number of nitrogens with zero attached hydrogens (tertiary/aromatic N) is 1. The van der Waals surface area contributed by atoms with Crippen molar-refractivity contribution in [2.75, 3.05) is 0 Å². The molecule has 0 aromatic heterocycles. The number of carbonyl (C=O) groups is 1. The van der Waals surface area contributed by atoms with Gasteiger partial charge in [0.15, 0.2) is 0 Å². The Morgan fingerprint density at radius 2 is 1.60 bits per heavy atom. The number of primary amides is 1. The summed E-state index contributed by atoms with van der Waals surface area (Å²) < 4.78 is -0.929. The van der Waals surface area contributed by atoms with Gasteiger partial charge < -0.3 is 0 Å². The molecule has 0 aliphatic carbocycles. The maximum atomic E-state index is 12.9. The van der Waals surface area contributed by atoms with Crippen molar-refractivity contribution in [1.82, 2.24) is 4.90 Å². The fraction of sp³-hybridized carbons (Fsp3) is 0.476. The zero-order valence-corrected chi connectivity index (χ0v) is 17.4. The summed E-state index contributed by atoms with van der Waals surface area (Å²) in [5, 5.41) is 2.21. The Kier molecular flexibility index (Phi) is 4.51. The van der Waals surface area contributed by atoms with Crippen LogP contribution in [0.1, 0.15) is 52.5 Å². The molecule has 0 spiro atoms. The number of nitrogens with two attached hydrogens (primary N) is 1. The summed E-state index contributed by atoms with van der Waals surface area (Å²) in [6, 6.07) is 14.4. The zero-order valence-electron chi connectivity index (χ0n) is 15.5. The van der Waals surface area contributed by atoms with Gasteiger partial charge in [0, 0.05) is 0 Å². The predicted octanol–water partition coefficient (Wildman–Crippen LogP) is 3.42. The Balaban J connectivity index is 2.31. The van der Waals surface area contributed by atoms with Gasteiger partial charge in [-0.3, -0.25) is 0 Å². The van der Waals surface area contributed by atoms with E-state index in [4.69, 9.17) is 5.73 Å². The minimum absolute atomic E-state index is 0.124. The van der Waals surface area contributed by atoms with Crippen LogP contribution in [0.5, 0.6) is 0 Å². The standard InChI is InChI=1S/C21H28N2OSe/c1-19(2)13-8-14-20(3,4)23(19)21(25,18(22)24)17-12-7-10-15-9-5-6-11-16(15)17/h5-7,9-12,25H,8,13-14H2,1-4H3,(H2,22,24). The summed E-state index contributed by atoms with van der Waals surface area (Å²) in [7, 11) is 0. The van der Waals surface area contributed by atoms with Crippen molar-refractivity contribution in [3.05, 3.63) is 48.0 Å². The number of likely N-dealkylation sites (tertiary alicyclic amines) is 1. The second kappa shape index (κ2) is 6.12. The van der Waals surface area contributed by atoms with E-state index in [2.05, 4.69) is 66.8 Å². The van der Waals surface area contributed by atoms with Gasteiger partial charge in [-0.2, -0.15) is 0 Å². The van der Waals surface area contributed by atoms with E-state index in [-0.39, 0.29) is 17.0 Å². The summed E-state index contributed by atoms with van der Waals surface area (Å²) in [5.41, 5.74) is 6.80. The number of piperidine rings is 1. The quantitative estimate of drug-likeness (QED) is 0.799. The molecule has 1 aliphatic heterocycles. The van der Waals surface area contributed by atoms with Crippen LogP contribution in [0.2, 0.25) is 0 Å². The second-order valence-corrected chi connectivity index (χ2v) is 9.73. The number of hydrogen-bond acceptors (Lipinski definition) is 2. The molecule has 25 heavy (non-hydrogen) atoms. The molecular weight excluding hydrogens is 375 g/mol. The molecule has 134 valence electrons. The van der Waals surface area contributed by atoms with E-state index in [0.29, 0.717) is 0 Å². The molecule has 4 heteroatoms. The van der Waals surface area contributed by atoms with E-state index < -0.39 is 4.44 Å². The summed E-state index contributed by atoms with van der Waals surface area (Å²) in [6.45, 7) is 8.91. The number of hydrogen-bond donors (Lipinski definition) is 1. The van der Waals surface area contributed by atoms with Crippen molar-refractivity contribution >= 4 is 32.7 Å². The van der Waals surface area contributed by atoms with E-state index in [1.807, 2.05) is 24.3 Å². The van der Waals surface area contributed by atoms with Crippen LogP contribution in [0.15, 0.2) is 42.5 Å². The van der Waals surface area contributed by atoms with E-state index in [1.54, 1.807) is 0 Å². The average molecular weight is 403 g/mol. The van der Waals surface area contributed by atoms with Crippen LogP contribution in [0.25, 0.3) is 10.8 Å². The van der Waals surface area contributed by atoms with Crippen LogP contribution in [-0.4, -0.2) is 37.9 Å². The molecule has 0 bridgehead atoms. The molecule has 3 rings (SSSR count). The molecule has 1 unspecified atom stereocenters. The molecule has 1 heterocycles. The number of benzene rings is 2. The Bertz CT molecular complexity index is 793. The SMILES string of the molecule is CC1(C)CCCC(C)(C)N1C([SeH])(C(N)=O)c1cccc2ccccc12. The molecular formula is C21H28N2OSe. The topological polar surface area (TPSA) is 46.3 Å². The molecule has 2 N–H and O–H groups in total. The monoisotopic (exact) mass is 404 g/mol. The first-order valence-corrected chi connectivity index (χ1v) is 9.85. The summed E-state index contributed by atoms with van der Waals surface area (Å²) in [6.07, 6.45) is 3.26. The molecule has 1 atom stereocenters. The molecule has 0 saturated carbocycles. The van der Waals surface area contributed by atoms with E-state index in [9.17, 15) is 4.79 Å². The van der Waals surface area contributed by atoms with Crippen LogP contribution in [0.3, 0.4) is 0 Å². The second-order valence-electron chi connectivity index (χ2n) is 8.38. The van der Waals surface area contributed by atoms with Crippen molar-refractivity contribution in [3.63, 3.8) is 0 Å². The Morgan fingerprint density at radius 3 is 2.20 bits per heavy atom. The van der Waals surface area contributed by atoms with Gasteiger partial charge in [-0.15, -0.1) is 0 Å². The van der Waals surface area contributed by atoms with Gasteiger partial charge in [0.25, 0.3) is 0 Å². The van der Waals surface area contributed by atoms with Crippen LogP contribution in [-0.2, 0) is 9.23 Å². The van der Waals surface area contributed by atoms with Gasteiger partial charge in [-0.25, -0.2) is 0 Å². The van der Waals surface area contributed by atoms with Gasteiger partial charge in [-0.1, -0.05) is 0 Å². The zero-order chi connectivity index (χ0) is 18.5. The Labute approximate surface area is 158 Å². The minimum atomic E-state index is -0.929. The van der Waals surface area contributed by atoms with Crippen LogP contribution in [0, 0.1) is 0 Å². The van der Waals surface area contributed by atoms with Crippen molar-refractivity contribution in [2.45, 2.75) is 62.5 Å². The van der Waals surface area contributed by atoms with Crippen LogP contribution in [0.4, 0.5) is 0 Å². The molecule has 1 amide bonds. The molecule has 2 aromatic carbocycles. The average Bonchev–Trinajstić information content (AvgIpc) is 2.52. The third kappa shape index (κ3) is 2.91. The van der Waals surface area contributed by atoms with Crippen molar-refractivity contribution in [3.8, 4) is 0 Å². The molecule has 3 nitrogen and oxygen atoms in total. The molecule has 0 radical (unpaired) electrons. The predicted molar refractivity (Wildman–Crippen MR) is 106 cm³/mol. The van der Waals surface area contributed by atoms with Gasteiger partial charge in [-0.05, 0) is 0 Å². The van der Waals surface area contributed by atoms with Crippen molar-refractivity contribution < 1.29 is 4.79 Å². The van der Waals surface area contributed by atoms with Crippen molar-refractivity contribution in [1.29, 1.82) is 0 Å². The number of amides is 1. The third-order valence-corrected chi connectivity index (χ3v) is 7.01. The number of fused-ring (bicyclic) bond motifs is 1. The fourth-order valence-electron chi connectivity index (χ4n) is 4.77. The third-order valence-electron chi connectivity index (χ3n) is 5.62. The van der Waals surface area contributed by atoms with Crippen molar-refractivity contribution in [2.24, 2.45) is 5.73 Å². The summed E-state index contributed by atoms with van der Waals surface area (Å²) in [5.74, 6) is -0.313. The fourth-order valence-corrected chi connectivity index (χ4v) is 6.31.